The lowest BCUT2D eigenvalue weighted by molar-refractivity contribution is -0.140. The molecule has 0 aromatic heterocycles. The van der Waals surface area contributed by atoms with E-state index in [2.05, 4.69) is 0 Å². The summed E-state index contributed by atoms with van der Waals surface area (Å²) in [6.07, 6.45) is -0.0138. The molecule has 2 N–H and O–H groups in total. The lowest BCUT2D eigenvalue weighted by atomic mass is 10.1. The Morgan fingerprint density at radius 3 is 2.20 bits per heavy atom. The molecule has 110 valence electrons. The summed E-state index contributed by atoms with van der Waals surface area (Å²) < 4.78 is 0. The molecule has 1 rings (SSSR count). The van der Waals surface area contributed by atoms with Gasteiger partial charge in [-0.05, 0) is 25.0 Å². The van der Waals surface area contributed by atoms with Crippen molar-refractivity contribution in [3.63, 3.8) is 0 Å². The van der Waals surface area contributed by atoms with Crippen molar-refractivity contribution < 1.29 is 19.8 Å². The second-order valence-electron chi connectivity index (χ2n) is 5.07. The number of rotatable bonds is 7. The summed E-state index contributed by atoms with van der Waals surface area (Å²) >= 11 is 0. The van der Waals surface area contributed by atoms with Crippen LogP contribution < -0.4 is 4.90 Å². The summed E-state index contributed by atoms with van der Waals surface area (Å²) in [6, 6.07) is 5.83. The topological polar surface area (TPSA) is 77.8 Å². The lowest BCUT2D eigenvalue weighted by Crippen LogP contribution is -2.34. The van der Waals surface area contributed by atoms with Crippen LogP contribution in [0.25, 0.3) is 0 Å². The van der Waals surface area contributed by atoms with Crippen molar-refractivity contribution in [2.24, 2.45) is 5.92 Å². The van der Waals surface area contributed by atoms with E-state index < -0.39 is 17.9 Å². The number of hydrogen-bond acceptors (Lipinski definition) is 3. The molecule has 0 bridgehead atoms. The molecule has 0 aliphatic rings. The van der Waals surface area contributed by atoms with E-state index in [9.17, 15) is 9.59 Å². The van der Waals surface area contributed by atoms with Crippen molar-refractivity contribution in [2.75, 3.05) is 18.0 Å². The van der Waals surface area contributed by atoms with Crippen molar-refractivity contribution in [2.45, 2.75) is 27.2 Å². The summed E-state index contributed by atoms with van der Waals surface area (Å²) in [4.78, 5) is 23.7. The first-order valence-corrected chi connectivity index (χ1v) is 6.58. The smallest absolute Gasteiger partial charge is 0.308 e. The van der Waals surface area contributed by atoms with E-state index in [-0.39, 0.29) is 6.42 Å². The van der Waals surface area contributed by atoms with Gasteiger partial charge in [0.05, 0.1) is 12.3 Å². The number of aliphatic carboxylic acids is 2. The van der Waals surface area contributed by atoms with E-state index in [1.165, 1.54) is 0 Å². The molecular weight excluding hydrogens is 258 g/mol. The lowest BCUT2D eigenvalue weighted by Gasteiger charge is -2.29. The number of aryl methyl sites for hydroxylation is 2. The third-order valence-electron chi connectivity index (χ3n) is 3.27. The van der Waals surface area contributed by atoms with Crippen molar-refractivity contribution >= 4 is 17.6 Å². The predicted molar refractivity (Wildman–Crippen MR) is 77.2 cm³/mol. The quantitative estimate of drug-likeness (QED) is 0.800. The van der Waals surface area contributed by atoms with Gasteiger partial charge in [0.25, 0.3) is 0 Å². The minimum Gasteiger partial charge on any atom is -0.481 e. The van der Waals surface area contributed by atoms with Gasteiger partial charge < -0.3 is 15.1 Å². The summed E-state index contributed by atoms with van der Waals surface area (Å²) in [6.45, 7) is 6.12. The molecule has 5 heteroatoms. The SMILES string of the molecule is Cc1cccc(C)c1N(CCC(=O)O)CC(C)C(=O)O. The second kappa shape index (κ2) is 6.93. The summed E-state index contributed by atoms with van der Waals surface area (Å²) in [5.41, 5.74) is 2.97. The van der Waals surface area contributed by atoms with E-state index in [4.69, 9.17) is 10.2 Å². The number of carboxylic acid groups (broad SMARTS) is 2. The molecule has 0 saturated heterocycles. The summed E-state index contributed by atoms with van der Waals surface area (Å²) in [5, 5.41) is 17.9. The largest absolute Gasteiger partial charge is 0.481 e. The van der Waals surface area contributed by atoms with E-state index >= 15 is 0 Å². The fraction of sp³-hybridized carbons (Fsp3) is 0.467. The van der Waals surface area contributed by atoms with Crippen LogP contribution in [-0.2, 0) is 9.59 Å². The van der Waals surface area contributed by atoms with Crippen molar-refractivity contribution in [3.05, 3.63) is 29.3 Å². The van der Waals surface area contributed by atoms with Crippen molar-refractivity contribution in [1.82, 2.24) is 0 Å². The molecule has 1 atom stereocenters. The average Bonchev–Trinajstić information content (AvgIpc) is 2.34. The molecule has 0 fully saturated rings. The van der Waals surface area contributed by atoms with Gasteiger partial charge in [0.15, 0.2) is 0 Å². The predicted octanol–water partition coefficient (Wildman–Crippen LogP) is 2.31. The number of nitrogens with zero attached hydrogens (tertiary/aromatic N) is 1. The minimum atomic E-state index is -0.885. The van der Waals surface area contributed by atoms with Crippen LogP contribution >= 0.6 is 0 Å². The molecule has 1 aromatic rings. The molecule has 0 heterocycles. The Labute approximate surface area is 118 Å². The van der Waals surface area contributed by atoms with E-state index in [1.54, 1.807) is 6.92 Å². The van der Waals surface area contributed by atoms with Gasteiger partial charge in [0, 0.05) is 18.8 Å². The van der Waals surface area contributed by atoms with E-state index in [1.807, 2.05) is 36.9 Å². The molecule has 0 spiro atoms. The van der Waals surface area contributed by atoms with Crippen LogP contribution in [0.2, 0.25) is 0 Å². The summed E-state index contributed by atoms with van der Waals surface area (Å²) in [5.74, 6) is -2.32. The Hall–Kier alpha value is -2.04. The van der Waals surface area contributed by atoms with Gasteiger partial charge in [0.2, 0.25) is 0 Å². The first kappa shape index (κ1) is 16.0. The van der Waals surface area contributed by atoms with Crippen LogP contribution in [0, 0.1) is 19.8 Å². The van der Waals surface area contributed by atoms with E-state index in [0.717, 1.165) is 16.8 Å². The number of carboxylic acids is 2. The zero-order chi connectivity index (χ0) is 15.3. The Morgan fingerprint density at radius 2 is 1.75 bits per heavy atom. The Bertz CT molecular complexity index is 478. The molecular formula is C15H21NO4. The minimum absolute atomic E-state index is 0.0138. The van der Waals surface area contributed by atoms with Crippen molar-refractivity contribution in [3.8, 4) is 0 Å². The Balaban J connectivity index is 3.02. The van der Waals surface area contributed by atoms with Crippen LogP contribution in [0.4, 0.5) is 5.69 Å². The average molecular weight is 279 g/mol. The maximum Gasteiger partial charge on any atom is 0.308 e. The Kier molecular flexibility index (Phi) is 5.55. The zero-order valence-electron chi connectivity index (χ0n) is 12.1. The van der Waals surface area contributed by atoms with Gasteiger partial charge in [-0.15, -0.1) is 0 Å². The first-order valence-electron chi connectivity index (χ1n) is 6.58. The molecule has 0 aliphatic heterocycles. The third kappa shape index (κ3) is 4.26. The highest BCUT2D eigenvalue weighted by Gasteiger charge is 2.19. The molecule has 0 amide bonds. The zero-order valence-corrected chi connectivity index (χ0v) is 12.1. The van der Waals surface area contributed by atoms with Gasteiger partial charge >= 0.3 is 11.9 Å². The van der Waals surface area contributed by atoms with Crippen molar-refractivity contribution in [1.29, 1.82) is 0 Å². The van der Waals surface area contributed by atoms with E-state index in [0.29, 0.717) is 13.1 Å². The number of carbonyl (C=O) groups is 2. The van der Waals surface area contributed by atoms with Crippen LogP contribution in [-0.4, -0.2) is 35.2 Å². The number of anilines is 1. The molecule has 5 nitrogen and oxygen atoms in total. The Morgan fingerprint density at radius 1 is 1.20 bits per heavy atom. The molecule has 1 aromatic carbocycles. The molecule has 20 heavy (non-hydrogen) atoms. The second-order valence-corrected chi connectivity index (χ2v) is 5.07. The van der Waals surface area contributed by atoms with Gasteiger partial charge in [0.1, 0.15) is 0 Å². The highest BCUT2D eigenvalue weighted by molar-refractivity contribution is 5.72. The monoisotopic (exact) mass is 279 g/mol. The highest BCUT2D eigenvalue weighted by atomic mass is 16.4. The molecule has 0 saturated carbocycles. The molecule has 1 unspecified atom stereocenters. The van der Waals surface area contributed by atoms with Crippen LogP contribution in [0.5, 0.6) is 0 Å². The molecule has 0 aliphatic carbocycles. The number of para-hydroxylation sites is 1. The maximum atomic E-state index is 11.0. The highest BCUT2D eigenvalue weighted by Crippen LogP contribution is 2.25. The number of benzene rings is 1. The number of hydrogen-bond donors (Lipinski definition) is 2. The summed E-state index contributed by atoms with van der Waals surface area (Å²) in [7, 11) is 0. The van der Waals surface area contributed by atoms with Gasteiger partial charge in [-0.1, -0.05) is 25.1 Å². The van der Waals surface area contributed by atoms with Gasteiger partial charge in [-0.2, -0.15) is 0 Å². The normalized spacial score (nSPS) is 11.9. The fourth-order valence-corrected chi connectivity index (χ4v) is 2.24. The standard InChI is InChI=1S/C15H21NO4/c1-10-5-4-6-11(2)14(10)16(8-7-13(17)18)9-12(3)15(19)20/h4-6,12H,7-9H2,1-3H3,(H,17,18)(H,19,20). The van der Waals surface area contributed by atoms with Crippen LogP contribution in [0.3, 0.4) is 0 Å². The fourth-order valence-electron chi connectivity index (χ4n) is 2.24. The third-order valence-corrected chi connectivity index (χ3v) is 3.27. The maximum absolute atomic E-state index is 11.0. The first-order chi connectivity index (χ1) is 9.32. The van der Waals surface area contributed by atoms with Gasteiger partial charge in [-0.25, -0.2) is 0 Å². The van der Waals surface area contributed by atoms with Crippen LogP contribution in [0.15, 0.2) is 18.2 Å². The van der Waals surface area contributed by atoms with Gasteiger partial charge in [-0.3, -0.25) is 9.59 Å². The van der Waals surface area contributed by atoms with Crippen LogP contribution in [0.1, 0.15) is 24.5 Å². The molecule has 0 radical (unpaired) electrons.